The van der Waals surface area contributed by atoms with Crippen LogP contribution in [-0.2, 0) is 14.8 Å². The van der Waals surface area contributed by atoms with Crippen LogP contribution in [0.1, 0.15) is 104 Å². The zero-order valence-electron chi connectivity index (χ0n) is 19.2. The smallest absolute Gasteiger partial charge is 0.240 e. The molecule has 0 heterocycles. The minimum absolute atomic E-state index is 0.0146. The molecule has 0 aliphatic heterocycles. The third-order valence-corrected chi connectivity index (χ3v) is 7.03. The van der Waals surface area contributed by atoms with Crippen LogP contribution in [0, 0.1) is 0 Å². The Labute approximate surface area is 184 Å². The van der Waals surface area contributed by atoms with E-state index < -0.39 is 10.0 Å². The zero-order chi connectivity index (χ0) is 22.2. The Morgan fingerprint density at radius 1 is 0.833 bits per heavy atom. The van der Waals surface area contributed by atoms with Gasteiger partial charge in [0.1, 0.15) is 0 Å². The monoisotopic (exact) mass is 438 g/mol. The summed E-state index contributed by atoms with van der Waals surface area (Å²) >= 11 is 0. The molecule has 0 bridgehead atoms. The van der Waals surface area contributed by atoms with Gasteiger partial charge in [0.15, 0.2) is 0 Å². The minimum atomic E-state index is -3.51. The van der Waals surface area contributed by atoms with E-state index in [0.717, 1.165) is 19.3 Å². The number of hydrogen-bond acceptors (Lipinski definition) is 3. The lowest BCUT2D eigenvalue weighted by Crippen LogP contribution is -2.31. The van der Waals surface area contributed by atoms with Gasteiger partial charge in [-0.1, -0.05) is 78.1 Å². The fraction of sp³-hybridized carbons (Fsp3) is 0.708. The SMILES string of the molecule is CCCCCCCCCCCCCC(=O)Nc1ccc(S(=O)(=O)NC(C)CC)cc1. The molecule has 0 aliphatic carbocycles. The van der Waals surface area contributed by atoms with Gasteiger partial charge in [-0.2, -0.15) is 0 Å². The topological polar surface area (TPSA) is 75.3 Å². The number of amides is 1. The van der Waals surface area contributed by atoms with Crippen molar-refractivity contribution in [3.63, 3.8) is 0 Å². The number of carbonyl (C=O) groups excluding carboxylic acids is 1. The van der Waals surface area contributed by atoms with Crippen molar-refractivity contribution in [2.24, 2.45) is 0 Å². The number of benzene rings is 1. The summed E-state index contributed by atoms with van der Waals surface area (Å²) in [5.74, 6) is -0.0146. The van der Waals surface area contributed by atoms with Crippen LogP contribution in [0.25, 0.3) is 0 Å². The summed E-state index contributed by atoms with van der Waals surface area (Å²) in [7, 11) is -3.51. The fourth-order valence-electron chi connectivity index (χ4n) is 3.31. The van der Waals surface area contributed by atoms with Gasteiger partial charge in [0, 0.05) is 18.2 Å². The average molecular weight is 439 g/mol. The molecular formula is C24H42N2O3S. The van der Waals surface area contributed by atoms with Crippen molar-refractivity contribution in [1.82, 2.24) is 4.72 Å². The molecule has 1 rings (SSSR count). The molecular weight excluding hydrogens is 396 g/mol. The highest BCUT2D eigenvalue weighted by Crippen LogP contribution is 2.16. The maximum absolute atomic E-state index is 12.3. The molecule has 5 nitrogen and oxygen atoms in total. The Morgan fingerprint density at radius 2 is 1.33 bits per heavy atom. The van der Waals surface area contributed by atoms with Crippen molar-refractivity contribution in [2.75, 3.05) is 5.32 Å². The molecule has 6 heteroatoms. The second-order valence-corrected chi connectivity index (χ2v) is 10.0. The second-order valence-electron chi connectivity index (χ2n) is 8.29. The van der Waals surface area contributed by atoms with E-state index in [0.29, 0.717) is 12.1 Å². The molecule has 0 radical (unpaired) electrons. The summed E-state index contributed by atoms with van der Waals surface area (Å²) in [4.78, 5) is 12.3. The van der Waals surface area contributed by atoms with Gasteiger partial charge in [-0.05, 0) is 44.0 Å². The Balaban J connectivity index is 2.19. The van der Waals surface area contributed by atoms with Crippen molar-refractivity contribution < 1.29 is 13.2 Å². The van der Waals surface area contributed by atoms with Gasteiger partial charge in [-0.25, -0.2) is 13.1 Å². The van der Waals surface area contributed by atoms with Crippen LogP contribution in [-0.4, -0.2) is 20.4 Å². The van der Waals surface area contributed by atoms with Crippen molar-refractivity contribution in [2.45, 2.75) is 115 Å². The Morgan fingerprint density at radius 3 is 1.83 bits per heavy atom. The van der Waals surface area contributed by atoms with Gasteiger partial charge in [0.05, 0.1) is 4.90 Å². The summed E-state index contributed by atoms with van der Waals surface area (Å²) in [5, 5.41) is 2.85. The lowest BCUT2D eigenvalue weighted by atomic mass is 10.1. The van der Waals surface area contributed by atoms with E-state index in [1.165, 1.54) is 69.9 Å². The first-order chi connectivity index (χ1) is 14.4. The maximum Gasteiger partial charge on any atom is 0.240 e. The average Bonchev–Trinajstić information content (AvgIpc) is 2.72. The van der Waals surface area contributed by atoms with E-state index >= 15 is 0 Å². The fourth-order valence-corrected chi connectivity index (χ4v) is 4.63. The van der Waals surface area contributed by atoms with E-state index in [4.69, 9.17) is 0 Å². The summed E-state index contributed by atoms with van der Waals surface area (Å²) in [6, 6.07) is 6.23. The predicted octanol–water partition coefficient (Wildman–Crippen LogP) is 6.40. The summed E-state index contributed by atoms with van der Waals surface area (Å²) in [6.07, 6.45) is 15.1. The number of hydrogen-bond donors (Lipinski definition) is 2. The van der Waals surface area contributed by atoms with Crippen molar-refractivity contribution in [3.05, 3.63) is 24.3 Å². The van der Waals surface area contributed by atoms with E-state index in [-0.39, 0.29) is 16.8 Å². The lowest BCUT2D eigenvalue weighted by Gasteiger charge is -2.12. The molecule has 172 valence electrons. The van der Waals surface area contributed by atoms with Crippen LogP contribution in [0.2, 0.25) is 0 Å². The highest BCUT2D eigenvalue weighted by molar-refractivity contribution is 7.89. The highest BCUT2D eigenvalue weighted by atomic mass is 32.2. The van der Waals surface area contributed by atoms with E-state index in [2.05, 4.69) is 17.0 Å². The molecule has 1 unspecified atom stereocenters. The minimum Gasteiger partial charge on any atom is -0.326 e. The number of rotatable bonds is 17. The molecule has 0 spiro atoms. The van der Waals surface area contributed by atoms with E-state index in [9.17, 15) is 13.2 Å². The quantitative estimate of drug-likeness (QED) is 0.276. The van der Waals surface area contributed by atoms with Gasteiger partial charge in [-0.3, -0.25) is 4.79 Å². The third kappa shape index (κ3) is 11.7. The Bertz CT molecular complexity index is 687. The normalized spacial score (nSPS) is 12.6. The first kappa shape index (κ1) is 26.6. The van der Waals surface area contributed by atoms with Gasteiger partial charge in [0.25, 0.3) is 0 Å². The lowest BCUT2D eigenvalue weighted by molar-refractivity contribution is -0.116. The molecule has 1 amide bonds. The van der Waals surface area contributed by atoms with Crippen LogP contribution in [0.15, 0.2) is 29.2 Å². The number of nitrogens with one attached hydrogen (secondary N) is 2. The largest absolute Gasteiger partial charge is 0.326 e. The van der Waals surface area contributed by atoms with Gasteiger partial charge >= 0.3 is 0 Å². The van der Waals surface area contributed by atoms with Gasteiger partial charge in [0.2, 0.25) is 15.9 Å². The highest BCUT2D eigenvalue weighted by Gasteiger charge is 2.16. The number of unbranched alkanes of at least 4 members (excludes halogenated alkanes) is 10. The van der Waals surface area contributed by atoms with Crippen LogP contribution < -0.4 is 10.0 Å². The molecule has 1 atom stereocenters. The van der Waals surface area contributed by atoms with E-state index in [1.54, 1.807) is 12.1 Å². The predicted molar refractivity (Wildman–Crippen MR) is 126 cm³/mol. The van der Waals surface area contributed by atoms with Crippen molar-refractivity contribution >= 4 is 21.6 Å². The third-order valence-electron chi connectivity index (χ3n) is 5.42. The van der Waals surface area contributed by atoms with Crippen LogP contribution in [0.5, 0.6) is 0 Å². The van der Waals surface area contributed by atoms with Crippen LogP contribution in [0.3, 0.4) is 0 Å². The Hall–Kier alpha value is -1.40. The Kier molecular flexibility index (Phi) is 13.7. The van der Waals surface area contributed by atoms with Gasteiger partial charge in [-0.15, -0.1) is 0 Å². The first-order valence-electron chi connectivity index (χ1n) is 11.8. The number of sulfonamides is 1. The molecule has 30 heavy (non-hydrogen) atoms. The summed E-state index contributed by atoms with van der Waals surface area (Å²) in [6.45, 7) is 6.01. The molecule has 1 aromatic rings. The zero-order valence-corrected chi connectivity index (χ0v) is 20.0. The van der Waals surface area contributed by atoms with Crippen molar-refractivity contribution in [3.8, 4) is 0 Å². The second kappa shape index (κ2) is 15.4. The molecule has 0 saturated heterocycles. The molecule has 0 saturated carbocycles. The molecule has 0 aromatic heterocycles. The summed E-state index contributed by atoms with van der Waals surface area (Å²) < 4.78 is 27.2. The standard InChI is InChI=1S/C24H42N2O3S/c1-4-6-7-8-9-10-11-12-13-14-15-16-24(27)25-22-17-19-23(20-18-22)30(28,29)26-21(3)5-2/h17-21,26H,4-16H2,1-3H3,(H,25,27). The summed E-state index contributed by atoms with van der Waals surface area (Å²) in [5.41, 5.74) is 0.630. The molecule has 1 aromatic carbocycles. The van der Waals surface area contributed by atoms with E-state index in [1.807, 2.05) is 13.8 Å². The van der Waals surface area contributed by atoms with Gasteiger partial charge < -0.3 is 5.32 Å². The first-order valence-corrected chi connectivity index (χ1v) is 13.3. The maximum atomic E-state index is 12.3. The number of anilines is 1. The molecule has 2 N–H and O–H groups in total. The van der Waals surface area contributed by atoms with Crippen molar-refractivity contribution in [1.29, 1.82) is 0 Å². The number of carbonyl (C=O) groups is 1. The van der Waals surface area contributed by atoms with Crippen LogP contribution >= 0.6 is 0 Å². The van der Waals surface area contributed by atoms with Crippen LogP contribution in [0.4, 0.5) is 5.69 Å². The molecule has 0 aliphatic rings. The molecule has 0 fully saturated rings.